The van der Waals surface area contributed by atoms with Gasteiger partial charge in [-0.3, -0.25) is 4.79 Å². The summed E-state index contributed by atoms with van der Waals surface area (Å²) in [5.74, 6) is 0.0244. The predicted octanol–water partition coefficient (Wildman–Crippen LogP) is 2.63. The van der Waals surface area contributed by atoms with Crippen molar-refractivity contribution in [2.24, 2.45) is 5.73 Å². The highest BCUT2D eigenvalue weighted by Crippen LogP contribution is 2.24. The summed E-state index contributed by atoms with van der Waals surface area (Å²) in [6.45, 7) is 9.20. The highest BCUT2D eigenvalue weighted by atomic mass is 16.6. The number of carbonyl (C=O) groups excluding carboxylic acids is 1. The Kier molecular flexibility index (Phi) is 5.34. The fourth-order valence-electron chi connectivity index (χ4n) is 1.83. The molecule has 0 aliphatic rings. The second kappa shape index (κ2) is 6.57. The number of esters is 1. The molecule has 2 N–H and O–H groups in total. The van der Waals surface area contributed by atoms with Crippen LogP contribution in [0, 0.1) is 0 Å². The van der Waals surface area contributed by atoms with Crippen molar-refractivity contribution in [2.75, 3.05) is 7.11 Å². The highest BCUT2D eigenvalue weighted by molar-refractivity contribution is 5.77. The largest absolute Gasteiger partial charge is 0.497 e. The molecule has 1 rings (SSSR count). The SMILES string of the molecule is C=C[C@H](c1ccc(OC)cc1)[C@H](N)C(=O)OC(C)(C)C. The topological polar surface area (TPSA) is 61.5 Å². The summed E-state index contributed by atoms with van der Waals surface area (Å²) in [7, 11) is 1.60. The summed E-state index contributed by atoms with van der Waals surface area (Å²) in [4.78, 5) is 12.0. The smallest absolute Gasteiger partial charge is 0.324 e. The van der Waals surface area contributed by atoms with E-state index in [9.17, 15) is 4.79 Å². The first kappa shape index (κ1) is 16.2. The minimum Gasteiger partial charge on any atom is -0.497 e. The summed E-state index contributed by atoms with van der Waals surface area (Å²) < 4.78 is 10.4. The van der Waals surface area contributed by atoms with Gasteiger partial charge >= 0.3 is 5.97 Å². The molecule has 20 heavy (non-hydrogen) atoms. The standard InChI is InChI=1S/C16H23NO3/c1-6-13(11-7-9-12(19-5)10-8-11)14(17)15(18)20-16(2,3)4/h6-10,13-14H,1,17H2,2-5H3/t13-,14+/m1/s1. The molecule has 4 heteroatoms. The first-order valence-corrected chi connectivity index (χ1v) is 6.53. The number of ether oxygens (including phenoxy) is 2. The molecule has 0 unspecified atom stereocenters. The van der Waals surface area contributed by atoms with Crippen molar-refractivity contribution in [3.63, 3.8) is 0 Å². The van der Waals surface area contributed by atoms with Gasteiger partial charge in [0.1, 0.15) is 17.4 Å². The van der Waals surface area contributed by atoms with E-state index >= 15 is 0 Å². The summed E-state index contributed by atoms with van der Waals surface area (Å²) in [5, 5.41) is 0. The molecule has 0 spiro atoms. The maximum atomic E-state index is 12.0. The molecule has 0 fully saturated rings. The maximum Gasteiger partial charge on any atom is 0.324 e. The van der Waals surface area contributed by atoms with Gasteiger partial charge in [0.25, 0.3) is 0 Å². The van der Waals surface area contributed by atoms with Gasteiger partial charge in [0.15, 0.2) is 0 Å². The van der Waals surface area contributed by atoms with Crippen molar-refractivity contribution in [3.05, 3.63) is 42.5 Å². The van der Waals surface area contributed by atoms with Gasteiger partial charge in [-0.1, -0.05) is 18.2 Å². The van der Waals surface area contributed by atoms with Crippen molar-refractivity contribution in [2.45, 2.75) is 38.3 Å². The monoisotopic (exact) mass is 277 g/mol. The van der Waals surface area contributed by atoms with E-state index in [4.69, 9.17) is 15.2 Å². The summed E-state index contributed by atoms with van der Waals surface area (Å²) >= 11 is 0. The molecule has 0 aliphatic carbocycles. The molecular formula is C16H23NO3. The molecule has 0 amide bonds. The Labute approximate surface area is 120 Å². The number of methoxy groups -OCH3 is 1. The van der Waals surface area contributed by atoms with Crippen LogP contribution in [0.2, 0.25) is 0 Å². The van der Waals surface area contributed by atoms with E-state index in [2.05, 4.69) is 6.58 Å². The quantitative estimate of drug-likeness (QED) is 0.664. The molecule has 2 atom stereocenters. The molecule has 1 aromatic carbocycles. The van der Waals surface area contributed by atoms with E-state index in [1.54, 1.807) is 13.2 Å². The number of rotatable bonds is 5. The van der Waals surface area contributed by atoms with Crippen LogP contribution in [0.25, 0.3) is 0 Å². The highest BCUT2D eigenvalue weighted by Gasteiger charge is 2.28. The third kappa shape index (κ3) is 4.38. The van der Waals surface area contributed by atoms with Gasteiger partial charge in [0.2, 0.25) is 0 Å². The average molecular weight is 277 g/mol. The molecule has 0 aliphatic heterocycles. The third-order valence-electron chi connectivity index (χ3n) is 2.82. The molecule has 4 nitrogen and oxygen atoms in total. The maximum absolute atomic E-state index is 12.0. The normalized spacial score (nSPS) is 14.2. The van der Waals surface area contributed by atoms with E-state index in [1.807, 2.05) is 45.0 Å². The number of carbonyl (C=O) groups is 1. The minimum absolute atomic E-state index is 0.296. The molecule has 0 heterocycles. The van der Waals surface area contributed by atoms with Crippen LogP contribution >= 0.6 is 0 Å². The van der Waals surface area contributed by atoms with Crippen molar-refractivity contribution in [1.82, 2.24) is 0 Å². The van der Waals surface area contributed by atoms with Crippen molar-refractivity contribution in [3.8, 4) is 5.75 Å². The van der Waals surface area contributed by atoms with Crippen molar-refractivity contribution >= 4 is 5.97 Å². The lowest BCUT2D eigenvalue weighted by atomic mass is 9.92. The Morgan fingerprint density at radius 3 is 2.25 bits per heavy atom. The first-order chi connectivity index (χ1) is 9.28. The van der Waals surface area contributed by atoms with Gasteiger partial charge < -0.3 is 15.2 Å². The van der Waals surface area contributed by atoms with Gasteiger partial charge in [-0.2, -0.15) is 0 Å². The average Bonchev–Trinajstić information content (AvgIpc) is 2.38. The summed E-state index contributed by atoms with van der Waals surface area (Å²) in [6, 6.07) is 6.62. The third-order valence-corrected chi connectivity index (χ3v) is 2.82. The number of nitrogens with two attached hydrogens (primary N) is 1. The second-order valence-corrected chi connectivity index (χ2v) is 5.59. The fourth-order valence-corrected chi connectivity index (χ4v) is 1.83. The Balaban J connectivity index is 2.88. The number of benzene rings is 1. The zero-order valence-corrected chi connectivity index (χ0v) is 12.6. The van der Waals surface area contributed by atoms with Gasteiger partial charge in [0.05, 0.1) is 7.11 Å². The van der Waals surface area contributed by atoms with Crippen molar-refractivity contribution < 1.29 is 14.3 Å². The molecular weight excluding hydrogens is 254 g/mol. The van der Waals surface area contributed by atoms with Gasteiger partial charge in [-0.15, -0.1) is 6.58 Å². The van der Waals surface area contributed by atoms with Crippen LogP contribution in [0.1, 0.15) is 32.3 Å². The fraction of sp³-hybridized carbons (Fsp3) is 0.438. The zero-order chi connectivity index (χ0) is 15.3. The van der Waals surface area contributed by atoms with Gasteiger partial charge in [-0.25, -0.2) is 0 Å². The van der Waals surface area contributed by atoms with E-state index in [0.29, 0.717) is 0 Å². The Hall–Kier alpha value is -1.81. The lowest BCUT2D eigenvalue weighted by Crippen LogP contribution is -2.41. The second-order valence-electron chi connectivity index (χ2n) is 5.59. The van der Waals surface area contributed by atoms with Crippen LogP contribution in [0.4, 0.5) is 0 Å². The van der Waals surface area contributed by atoms with E-state index in [0.717, 1.165) is 11.3 Å². The molecule has 0 saturated heterocycles. The summed E-state index contributed by atoms with van der Waals surface area (Å²) in [5.41, 5.74) is 6.35. The lowest BCUT2D eigenvalue weighted by Gasteiger charge is -2.25. The predicted molar refractivity (Wildman–Crippen MR) is 79.8 cm³/mol. The zero-order valence-electron chi connectivity index (χ0n) is 12.6. The molecule has 0 aromatic heterocycles. The minimum atomic E-state index is -0.778. The van der Waals surface area contributed by atoms with Crippen LogP contribution in [0.3, 0.4) is 0 Å². The van der Waals surface area contributed by atoms with Crippen LogP contribution in [0.5, 0.6) is 5.75 Å². The van der Waals surface area contributed by atoms with Crippen LogP contribution < -0.4 is 10.5 Å². The van der Waals surface area contributed by atoms with E-state index < -0.39 is 17.6 Å². The van der Waals surface area contributed by atoms with Crippen LogP contribution in [-0.4, -0.2) is 24.7 Å². The Bertz CT molecular complexity index is 460. The van der Waals surface area contributed by atoms with E-state index in [-0.39, 0.29) is 5.92 Å². The first-order valence-electron chi connectivity index (χ1n) is 6.53. The van der Waals surface area contributed by atoms with Crippen LogP contribution in [0.15, 0.2) is 36.9 Å². The molecule has 0 radical (unpaired) electrons. The number of hydrogen-bond donors (Lipinski definition) is 1. The lowest BCUT2D eigenvalue weighted by molar-refractivity contribution is -0.156. The summed E-state index contributed by atoms with van der Waals surface area (Å²) in [6.07, 6.45) is 1.66. The molecule has 110 valence electrons. The van der Waals surface area contributed by atoms with Crippen LogP contribution in [-0.2, 0) is 9.53 Å². The molecule has 0 saturated carbocycles. The molecule has 1 aromatic rings. The van der Waals surface area contributed by atoms with Gasteiger partial charge in [-0.05, 0) is 38.5 Å². The number of hydrogen-bond acceptors (Lipinski definition) is 4. The Morgan fingerprint density at radius 2 is 1.85 bits per heavy atom. The van der Waals surface area contributed by atoms with E-state index in [1.165, 1.54) is 0 Å². The molecule has 0 bridgehead atoms. The van der Waals surface area contributed by atoms with Gasteiger partial charge in [0, 0.05) is 5.92 Å². The Morgan fingerprint density at radius 1 is 1.30 bits per heavy atom. The van der Waals surface area contributed by atoms with Crippen molar-refractivity contribution in [1.29, 1.82) is 0 Å².